The van der Waals surface area contributed by atoms with Crippen molar-refractivity contribution in [3.63, 3.8) is 0 Å². The first kappa shape index (κ1) is 20.0. The standard InChI is InChI=1S/C25H27N3O3S/c1-12-19-17(11-18-20(19)25(18,2)3)21(32-12)22-27-23(31-28-22)13-4-7-15(8-5-13)26-16-9-6-14(10-16)24(29)30/h4-5,7-8,14,16,18,20,26H,6,9-11H2,1-3H3,(H,29,30). The fourth-order valence-corrected chi connectivity index (χ4v) is 7.18. The van der Waals surface area contributed by atoms with Gasteiger partial charge in [0.25, 0.3) is 5.89 Å². The summed E-state index contributed by atoms with van der Waals surface area (Å²) in [6.45, 7) is 6.98. The van der Waals surface area contributed by atoms with Crippen LogP contribution in [0.3, 0.4) is 0 Å². The molecule has 2 N–H and O–H groups in total. The Hall–Kier alpha value is -2.67. The Morgan fingerprint density at radius 1 is 1.25 bits per heavy atom. The number of aryl methyl sites for hydroxylation is 1. The number of carboxylic acid groups (broad SMARTS) is 1. The van der Waals surface area contributed by atoms with E-state index < -0.39 is 5.97 Å². The third-order valence-corrected chi connectivity index (χ3v) is 9.09. The highest BCUT2D eigenvalue weighted by molar-refractivity contribution is 7.15. The van der Waals surface area contributed by atoms with Crippen LogP contribution in [0.2, 0.25) is 0 Å². The van der Waals surface area contributed by atoms with Crippen molar-refractivity contribution in [2.75, 3.05) is 5.32 Å². The van der Waals surface area contributed by atoms with E-state index in [2.05, 4.69) is 31.2 Å². The van der Waals surface area contributed by atoms with Crippen LogP contribution in [-0.2, 0) is 11.2 Å². The zero-order chi connectivity index (χ0) is 22.2. The van der Waals surface area contributed by atoms with E-state index in [4.69, 9.17) is 9.51 Å². The predicted molar refractivity (Wildman–Crippen MR) is 124 cm³/mol. The van der Waals surface area contributed by atoms with E-state index in [0.717, 1.165) is 36.4 Å². The van der Waals surface area contributed by atoms with Crippen molar-refractivity contribution in [1.29, 1.82) is 0 Å². The van der Waals surface area contributed by atoms with Crippen molar-refractivity contribution in [2.24, 2.45) is 17.3 Å². The molecule has 166 valence electrons. The molecule has 0 saturated heterocycles. The minimum absolute atomic E-state index is 0.206. The van der Waals surface area contributed by atoms with Gasteiger partial charge in [-0.3, -0.25) is 4.79 Å². The summed E-state index contributed by atoms with van der Waals surface area (Å²) in [6, 6.07) is 8.15. The second-order valence-corrected chi connectivity index (χ2v) is 11.4. The number of aromatic nitrogens is 2. The van der Waals surface area contributed by atoms with Crippen molar-refractivity contribution in [1.82, 2.24) is 10.1 Å². The quantitative estimate of drug-likeness (QED) is 0.517. The molecular weight excluding hydrogens is 422 g/mol. The summed E-state index contributed by atoms with van der Waals surface area (Å²) in [5.41, 5.74) is 5.28. The van der Waals surface area contributed by atoms with Crippen LogP contribution in [-0.4, -0.2) is 27.3 Å². The van der Waals surface area contributed by atoms with Gasteiger partial charge in [-0.2, -0.15) is 4.98 Å². The highest BCUT2D eigenvalue weighted by Gasteiger charge is 2.63. The van der Waals surface area contributed by atoms with Gasteiger partial charge in [-0.05, 0) is 85.3 Å². The molecule has 6 rings (SSSR count). The molecular formula is C25H27N3O3S. The number of rotatable bonds is 5. The van der Waals surface area contributed by atoms with E-state index in [1.54, 1.807) is 16.9 Å². The number of benzene rings is 1. The van der Waals surface area contributed by atoms with Gasteiger partial charge in [0.15, 0.2) is 0 Å². The molecule has 32 heavy (non-hydrogen) atoms. The SMILES string of the molecule is Cc1sc(-c2noc(-c3ccc(NC4CCC(C(=O)O)C4)cc3)n2)c2c1C1C(C2)C1(C)C. The maximum Gasteiger partial charge on any atom is 0.306 e. The first-order valence-corrected chi connectivity index (χ1v) is 12.2. The number of nitrogens with zero attached hydrogens (tertiary/aromatic N) is 2. The summed E-state index contributed by atoms with van der Waals surface area (Å²) in [5.74, 6) is 1.75. The van der Waals surface area contributed by atoms with Crippen LogP contribution in [0.25, 0.3) is 22.2 Å². The molecule has 0 aliphatic heterocycles. The highest BCUT2D eigenvalue weighted by atomic mass is 32.1. The van der Waals surface area contributed by atoms with E-state index in [1.807, 2.05) is 24.3 Å². The van der Waals surface area contributed by atoms with E-state index in [-0.39, 0.29) is 12.0 Å². The Kier molecular flexibility index (Phi) is 4.31. The lowest BCUT2D eigenvalue weighted by atomic mass is 9.95. The average Bonchev–Trinajstić information content (AvgIpc) is 3.38. The largest absolute Gasteiger partial charge is 0.481 e. The zero-order valence-electron chi connectivity index (χ0n) is 18.5. The molecule has 0 amide bonds. The molecule has 2 saturated carbocycles. The Morgan fingerprint density at radius 3 is 2.75 bits per heavy atom. The Bertz CT molecular complexity index is 1210. The maximum atomic E-state index is 11.2. The number of hydrogen-bond acceptors (Lipinski definition) is 6. The third kappa shape index (κ3) is 3.01. The number of anilines is 1. The van der Waals surface area contributed by atoms with Gasteiger partial charge >= 0.3 is 5.97 Å². The molecule has 1 aromatic carbocycles. The van der Waals surface area contributed by atoms with Crippen molar-refractivity contribution < 1.29 is 14.4 Å². The van der Waals surface area contributed by atoms with Gasteiger partial charge < -0.3 is 14.9 Å². The molecule has 0 spiro atoms. The first-order chi connectivity index (χ1) is 15.3. The summed E-state index contributed by atoms with van der Waals surface area (Å²) in [5, 5.41) is 17.0. The van der Waals surface area contributed by atoms with Gasteiger partial charge in [0, 0.05) is 22.2 Å². The van der Waals surface area contributed by atoms with Gasteiger partial charge in [-0.15, -0.1) is 11.3 Å². The fourth-order valence-electron chi connectivity index (χ4n) is 6.03. The van der Waals surface area contributed by atoms with Crippen molar-refractivity contribution in [3.8, 4) is 22.2 Å². The average molecular weight is 450 g/mol. The summed E-state index contributed by atoms with van der Waals surface area (Å²) in [6.07, 6.45) is 3.42. The molecule has 0 bridgehead atoms. The van der Waals surface area contributed by atoms with E-state index >= 15 is 0 Å². The first-order valence-electron chi connectivity index (χ1n) is 11.4. The summed E-state index contributed by atoms with van der Waals surface area (Å²) >= 11 is 1.80. The molecule has 4 unspecified atom stereocenters. The van der Waals surface area contributed by atoms with E-state index in [0.29, 0.717) is 29.5 Å². The van der Waals surface area contributed by atoms with E-state index in [1.165, 1.54) is 15.3 Å². The van der Waals surface area contributed by atoms with Crippen LogP contribution in [0.5, 0.6) is 0 Å². The second kappa shape index (κ2) is 6.91. The molecule has 6 nitrogen and oxygen atoms in total. The van der Waals surface area contributed by atoms with Crippen LogP contribution in [0.1, 0.15) is 55.0 Å². The van der Waals surface area contributed by atoms with Gasteiger partial charge in [0.1, 0.15) is 0 Å². The molecule has 4 atom stereocenters. The predicted octanol–water partition coefficient (Wildman–Crippen LogP) is 5.73. The number of carbonyl (C=O) groups is 1. The monoisotopic (exact) mass is 449 g/mol. The summed E-state index contributed by atoms with van der Waals surface area (Å²) in [7, 11) is 0. The van der Waals surface area contributed by atoms with Gasteiger partial charge in [0.2, 0.25) is 5.82 Å². The number of carboxylic acids is 1. The van der Waals surface area contributed by atoms with Gasteiger partial charge in [0.05, 0.1) is 10.8 Å². The van der Waals surface area contributed by atoms with E-state index in [9.17, 15) is 9.90 Å². The molecule has 2 aromatic heterocycles. The topological polar surface area (TPSA) is 88.2 Å². The Balaban J connectivity index is 1.18. The van der Waals surface area contributed by atoms with Gasteiger partial charge in [-0.1, -0.05) is 19.0 Å². The summed E-state index contributed by atoms with van der Waals surface area (Å²) < 4.78 is 5.63. The number of fused-ring (bicyclic) bond motifs is 3. The molecule has 2 heterocycles. The van der Waals surface area contributed by atoms with Crippen LogP contribution in [0, 0.1) is 24.2 Å². The van der Waals surface area contributed by atoms with Crippen LogP contribution >= 0.6 is 11.3 Å². The number of thiophene rings is 1. The van der Waals surface area contributed by atoms with Crippen molar-refractivity contribution >= 4 is 23.0 Å². The normalized spacial score (nSPS) is 27.2. The Morgan fingerprint density at radius 2 is 2.03 bits per heavy atom. The number of hydrogen-bond donors (Lipinski definition) is 2. The van der Waals surface area contributed by atoms with Crippen LogP contribution in [0.4, 0.5) is 5.69 Å². The third-order valence-electron chi connectivity index (χ3n) is 7.93. The Labute approximate surface area is 191 Å². The van der Waals surface area contributed by atoms with Crippen molar-refractivity contribution in [2.45, 2.75) is 58.4 Å². The number of nitrogens with one attached hydrogen (secondary N) is 1. The fraction of sp³-hybridized carbons (Fsp3) is 0.480. The molecule has 2 fully saturated rings. The molecule has 3 aliphatic carbocycles. The molecule has 7 heteroatoms. The second-order valence-electron chi connectivity index (χ2n) is 10.2. The number of aliphatic carboxylic acids is 1. The minimum atomic E-state index is -0.691. The van der Waals surface area contributed by atoms with Crippen LogP contribution < -0.4 is 5.32 Å². The zero-order valence-corrected chi connectivity index (χ0v) is 19.3. The molecule has 3 aliphatic rings. The highest BCUT2D eigenvalue weighted by Crippen LogP contribution is 2.72. The lowest BCUT2D eigenvalue weighted by molar-refractivity contribution is -0.141. The lowest BCUT2D eigenvalue weighted by Gasteiger charge is -2.14. The smallest absolute Gasteiger partial charge is 0.306 e. The van der Waals surface area contributed by atoms with Gasteiger partial charge in [-0.25, -0.2) is 0 Å². The maximum absolute atomic E-state index is 11.2. The molecule has 3 aromatic rings. The van der Waals surface area contributed by atoms with Crippen LogP contribution in [0.15, 0.2) is 28.8 Å². The minimum Gasteiger partial charge on any atom is -0.481 e. The lowest BCUT2D eigenvalue weighted by Crippen LogP contribution is -2.17. The summed E-state index contributed by atoms with van der Waals surface area (Å²) in [4.78, 5) is 18.5. The van der Waals surface area contributed by atoms with Crippen molar-refractivity contribution in [3.05, 3.63) is 40.3 Å². The molecule has 0 radical (unpaired) electrons.